The first-order valence-electron chi connectivity index (χ1n) is 4.99. The summed E-state index contributed by atoms with van der Waals surface area (Å²) < 4.78 is 0. The Balaban J connectivity index is 1.90. The summed E-state index contributed by atoms with van der Waals surface area (Å²) in [6.07, 6.45) is 10.0. The van der Waals surface area contributed by atoms with Gasteiger partial charge in [-0.25, -0.2) is 0 Å². The fourth-order valence-electron chi connectivity index (χ4n) is 4.24. The van der Waals surface area contributed by atoms with Gasteiger partial charge in [-0.15, -0.1) is 0 Å². The molecule has 4 rings (SSSR count). The molecule has 0 aromatic rings. The minimum Gasteiger partial charge on any atom is -0.325 e. The maximum Gasteiger partial charge on any atom is 0.0167 e. The van der Waals surface area contributed by atoms with Crippen LogP contribution >= 0.6 is 0 Å². The first-order valence-corrected chi connectivity index (χ1v) is 4.99. The Morgan fingerprint density at radius 2 is 2.00 bits per heavy atom. The van der Waals surface area contributed by atoms with Crippen LogP contribution in [0, 0.1) is 11.3 Å². The maximum absolute atomic E-state index is 6.23. The van der Waals surface area contributed by atoms with Crippen LogP contribution in [0.2, 0.25) is 0 Å². The van der Waals surface area contributed by atoms with E-state index in [0.29, 0.717) is 5.54 Å². The molecule has 1 atom stereocenters. The number of nitrogens with two attached hydrogens (primary N) is 1. The van der Waals surface area contributed by atoms with Gasteiger partial charge in [-0.05, 0) is 43.4 Å². The fourth-order valence-corrected chi connectivity index (χ4v) is 4.24. The van der Waals surface area contributed by atoms with E-state index in [1.807, 2.05) is 0 Å². The van der Waals surface area contributed by atoms with Crippen molar-refractivity contribution in [3.8, 4) is 0 Å². The van der Waals surface area contributed by atoms with Crippen LogP contribution in [0.1, 0.15) is 44.9 Å². The van der Waals surface area contributed by atoms with Crippen molar-refractivity contribution in [2.24, 2.45) is 17.1 Å². The Labute approximate surface area is 68.3 Å². The lowest BCUT2D eigenvalue weighted by atomic mass is 9.44. The normalized spacial score (nSPS) is 60.3. The van der Waals surface area contributed by atoms with Crippen LogP contribution in [0.3, 0.4) is 0 Å². The van der Waals surface area contributed by atoms with Crippen LogP contribution in [-0.4, -0.2) is 5.54 Å². The molecule has 1 spiro atoms. The highest BCUT2D eigenvalue weighted by molar-refractivity contribution is 5.14. The zero-order chi connectivity index (χ0) is 7.53. The Kier molecular flexibility index (Phi) is 0.976. The molecule has 4 aliphatic rings. The molecule has 0 saturated heterocycles. The van der Waals surface area contributed by atoms with Gasteiger partial charge in [0.1, 0.15) is 0 Å². The van der Waals surface area contributed by atoms with Gasteiger partial charge in [0.15, 0.2) is 0 Å². The highest BCUT2D eigenvalue weighted by atomic mass is 14.8. The van der Waals surface area contributed by atoms with Gasteiger partial charge in [0.25, 0.3) is 0 Å². The van der Waals surface area contributed by atoms with E-state index < -0.39 is 0 Å². The minimum absolute atomic E-state index is 0.309. The van der Waals surface area contributed by atoms with Crippen LogP contribution in [0.4, 0.5) is 0 Å². The summed E-state index contributed by atoms with van der Waals surface area (Å²) in [4.78, 5) is 0. The monoisotopic (exact) mass is 151 g/mol. The van der Waals surface area contributed by atoms with Crippen molar-refractivity contribution in [3.63, 3.8) is 0 Å². The lowest BCUT2D eigenvalue weighted by Gasteiger charge is -2.64. The van der Waals surface area contributed by atoms with E-state index in [2.05, 4.69) is 0 Å². The van der Waals surface area contributed by atoms with Gasteiger partial charge in [-0.3, -0.25) is 0 Å². The second-order valence-electron chi connectivity index (χ2n) is 5.38. The number of rotatable bonds is 0. The molecule has 1 nitrogen and oxygen atoms in total. The summed E-state index contributed by atoms with van der Waals surface area (Å²) >= 11 is 0. The average Bonchev–Trinajstić information content (AvgIpc) is 1.81. The molecule has 0 heterocycles. The summed E-state index contributed by atoms with van der Waals surface area (Å²) in [6.45, 7) is 0. The van der Waals surface area contributed by atoms with E-state index in [-0.39, 0.29) is 0 Å². The number of hydrogen-bond acceptors (Lipinski definition) is 1. The molecule has 4 fully saturated rings. The van der Waals surface area contributed by atoms with E-state index >= 15 is 0 Å². The van der Waals surface area contributed by atoms with Gasteiger partial charge in [-0.1, -0.05) is 12.8 Å². The zero-order valence-electron chi connectivity index (χ0n) is 7.10. The molecule has 3 bridgehead atoms. The molecule has 0 amide bonds. The predicted octanol–water partition coefficient (Wildman–Crippen LogP) is 2.06. The van der Waals surface area contributed by atoms with Crippen molar-refractivity contribution in [2.45, 2.75) is 50.5 Å². The quantitative estimate of drug-likeness (QED) is 0.563. The Hall–Kier alpha value is -0.0400. The van der Waals surface area contributed by atoms with E-state index in [0.717, 1.165) is 11.3 Å². The van der Waals surface area contributed by atoms with Crippen molar-refractivity contribution >= 4 is 0 Å². The van der Waals surface area contributed by atoms with Crippen molar-refractivity contribution < 1.29 is 0 Å². The molecule has 0 aromatic heterocycles. The van der Waals surface area contributed by atoms with Crippen molar-refractivity contribution in [1.82, 2.24) is 0 Å². The standard InChI is InChI=1S/C10H17N/c11-10-5-8-2-1-3-9(4-8,6-10)7-10/h8H,1-7,11H2. The highest BCUT2D eigenvalue weighted by Crippen LogP contribution is 2.64. The summed E-state index contributed by atoms with van der Waals surface area (Å²) in [5.74, 6) is 1.01. The van der Waals surface area contributed by atoms with E-state index in [9.17, 15) is 0 Å². The first kappa shape index (κ1) is 6.47. The SMILES string of the molecule is NC12CC3CCCC(C3)(C1)C2. The summed E-state index contributed by atoms with van der Waals surface area (Å²) in [7, 11) is 0. The summed E-state index contributed by atoms with van der Waals surface area (Å²) in [5, 5.41) is 0. The second kappa shape index (κ2) is 1.66. The average molecular weight is 151 g/mol. The molecular formula is C10H17N. The topological polar surface area (TPSA) is 26.0 Å². The molecule has 4 aliphatic carbocycles. The largest absolute Gasteiger partial charge is 0.325 e. The third-order valence-corrected chi connectivity index (χ3v) is 4.19. The van der Waals surface area contributed by atoms with E-state index in [1.165, 1.54) is 44.9 Å². The Morgan fingerprint density at radius 1 is 1.18 bits per heavy atom. The lowest BCUT2D eigenvalue weighted by Crippen LogP contribution is -2.64. The second-order valence-corrected chi connectivity index (χ2v) is 5.38. The third-order valence-electron chi connectivity index (χ3n) is 4.19. The molecule has 0 aliphatic heterocycles. The van der Waals surface area contributed by atoms with Crippen molar-refractivity contribution in [3.05, 3.63) is 0 Å². The molecule has 62 valence electrons. The highest BCUT2D eigenvalue weighted by Gasteiger charge is 2.58. The van der Waals surface area contributed by atoms with Crippen LogP contribution in [0.15, 0.2) is 0 Å². The Bertz CT molecular complexity index is 178. The molecule has 11 heavy (non-hydrogen) atoms. The summed E-state index contributed by atoms with van der Waals surface area (Å²) in [6, 6.07) is 0. The third kappa shape index (κ3) is 0.752. The molecule has 0 aromatic carbocycles. The minimum atomic E-state index is 0.309. The van der Waals surface area contributed by atoms with Crippen molar-refractivity contribution in [2.75, 3.05) is 0 Å². The number of hydrogen-bond donors (Lipinski definition) is 1. The van der Waals surface area contributed by atoms with E-state index in [1.54, 1.807) is 0 Å². The fraction of sp³-hybridized carbons (Fsp3) is 1.00. The maximum atomic E-state index is 6.23. The van der Waals surface area contributed by atoms with Gasteiger partial charge < -0.3 is 5.73 Å². The van der Waals surface area contributed by atoms with Gasteiger partial charge in [-0.2, -0.15) is 0 Å². The van der Waals surface area contributed by atoms with Crippen molar-refractivity contribution in [1.29, 1.82) is 0 Å². The molecule has 1 heteroatoms. The zero-order valence-corrected chi connectivity index (χ0v) is 7.10. The molecule has 1 unspecified atom stereocenters. The predicted molar refractivity (Wildman–Crippen MR) is 45.2 cm³/mol. The van der Waals surface area contributed by atoms with Gasteiger partial charge >= 0.3 is 0 Å². The molecule has 0 radical (unpaired) electrons. The van der Waals surface area contributed by atoms with Gasteiger partial charge in [0.05, 0.1) is 0 Å². The Morgan fingerprint density at radius 3 is 2.73 bits per heavy atom. The van der Waals surface area contributed by atoms with Gasteiger partial charge in [0, 0.05) is 5.54 Å². The summed E-state index contributed by atoms with van der Waals surface area (Å²) in [5.41, 5.74) is 7.30. The van der Waals surface area contributed by atoms with Crippen LogP contribution in [-0.2, 0) is 0 Å². The van der Waals surface area contributed by atoms with Crippen LogP contribution in [0.5, 0.6) is 0 Å². The smallest absolute Gasteiger partial charge is 0.0167 e. The lowest BCUT2D eigenvalue weighted by molar-refractivity contribution is -0.0908. The van der Waals surface area contributed by atoms with Crippen LogP contribution < -0.4 is 5.73 Å². The molecule has 4 saturated carbocycles. The molecule has 2 N–H and O–H groups in total. The van der Waals surface area contributed by atoms with Gasteiger partial charge in [0.2, 0.25) is 0 Å². The molecular weight excluding hydrogens is 134 g/mol. The first-order chi connectivity index (χ1) is 5.20. The van der Waals surface area contributed by atoms with E-state index in [4.69, 9.17) is 5.73 Å². The van der Waals surface area contributed by atoms with Crippen LogP contribution in [0.25, 0.3) is 0 Å².